The molecule has 0 aliphatic carbocycles. The van der Waals surface area contributed by atoms with E-state index in [4.69, 9.17) is 11.6 Å². The van der Waals surface area contributed by atoms with Gasteiger partial charge in [-0.15, -0.1) is 25.3 Å². The maximum atomic E-state index is 5.71. The summed E-state index contributed by atoms with van der Waals surface area (Å²) in [4.78, 5) is 15.9. The van der Waals surface area contributed by atoms with Crippen LogP contribution in [0.4, 0.5) is 5.82 Å². The first-order valence-electron chi connectivity index (χ1n) is 4.13. The molecule has 0 radical (unpaired) electrons. The van der Waals surface area contributed by atoms with E-state index in [1.54, 1.807) is 23.2 Å². The quantitative estimate of drug-likeness (QED) is 0.500. The standard InChI is InChI=1S/C8H6ClN5S2/c9-5-2-14(4-12-5)7-1-6(10-3-11-7)13-8(15)16/h1-4H,(H2,10,11,13,15,16). The highest BCUT2D eigenvalue weighted by molar-refractivity contribution is 8.23. The van der Waals surface area contributed by atoms with E-state index in [1.165, 1.54) is 6.33 Å². The average Bonchev–Trinajstić information content (AvgIpc) is 2.64. The van der Waals surface area contributed by atoms with E-state index in [9.17, 15) is 0 Å². The molecule has 0 atom stereocenters. The Morgan fingerprint density at radius 2 is 2.12 bits per heavy atom. The maximum Gasteiger partial charge on any atom is 0.159 e. The molecule has 2 aromatic rings. The normalized spacial score (nSPS) is 10.2. The van der Waals surface area contributed by atoms with Gasteiger partial charge in [0.05, 0.1) is 0 Å². The van der Waals surface area contributed by atoms with Gasteiger partial charge in [-0.3, -0.25) is 4.57 Å². The Morgan fingerprint density at radius 3 is 2.75 bits per heavy atom. The maximum absolute atomic E-state index is 5.71. The molecule has 0 aromatic carbocycles. The van der Waals surface area contributed by atoms with E-state index in [-0.39, 0.29) is 0 Å². The molecular weight excluding hydrogens is 266 g/mol. The minimum atomic E-state index is 0.327. The van der Waals surface area contributed by atoms with E-state index in [1.807, 2.05) is 0 Å². The second kappa shape index (κ2) is 4.86. The molecule has 2 aromatic heterocycles. The number of hydrogen-bond acceptors (Lipinski definition) is 4. The zero-order valence-electron chi connectivity index (χ0n) is 7.82. The lowest BCUT2D eigenvalue weighted by atomic mass is 10.5. The third kappa shape index (κ3) is 2.75. The van der Waals surface area contributed by atoms with Gasteiger partial charge in [0.1, 0.15) is 28.0 Å². The number of rotatable bonds is 2. The molecule has 0 saturated heterocycles. The van der Waals surface area contributed by atoms with E-state index < -0.39 is 0 Å². The molecule has 16 heavy (non-hydrogen) atoms. The number of hydrogen-bond donors (Lipinski definition) is 2. The van der Waals surface area contributed by atoms with Crippen LogP contribution in [0.15, 0.2) is 29.9 Å². The van der Waals surface area contributed by atoms with E-state index in [0.29, 0.717) is 21.2 Å². The molecule has 2 rings (SSSR count). The minimum absolute atomic E-state index is 0.327. The summed E-state index contributed by atoms with van der Waals surface area (Å²) in [5, 5.41) is 0.396. The van der Waals surface area contributed by atoms with Crippen LogP contribution >= 0.6 is 36.9 Å². The molecule has 0 aliphatic rings. The van der Waals surface area contributed by atoms with Crippen molar-refractivity contribution in [3.05, 3.63) is 30.1 Å². The molecule has 0 aliphatic heterocycles. The Kier molecular flexibility index (Phi) is 3.47. The molecule has 8 heteroatoms. The van der Waals surface area contributed by atoms with Crippen molar-refractivity contribution in [3.8, 4) is 5.82 Å². The summed E-state index contributed by atoms with van der Waals surface area (Å²) in [5.41, 5.74) is 0. The minimum Gasteiger partial charge on any atom is -0.289 e. The number of aromatic nitrogens is 4. The Labute approximate surface area is 107 Å². The molecule has 0 unspecified atom stereocenters. The molecule has 0 fully saturated rings. The smallest absolute Gasteiger partial charge is 0.159 e. The van der Waals surface area contributed by atoms with E-state index >= 15 is 0 Å². The molecule has 5 nitrogen and oxygen atoms in total. The fourth-order valence-corrected chi connectivity index (χ4v) is 1.42. The lowest BCUT2D eigenvalue weighted by Gasteiger charge is -2.00. The zero-order valence-corrected chi connectivity index (χ0v) is 10.4. The van der Waals surface area contributed by atoms with Crippen molar-refractivity contribution in [3.63, 3.8) is 0 Å². The van der Waals surface area contributed by atoms with E-state index in [0.717, 1.165) is 0 Å². The van der Waals surface area contributed by atoms with Gasteiger partial charge in [-0.2, -0.15) is 0 Å². The number of aliphatic imine (C=N–C) groups is 1. The van der Waals surface area contributed by atoms with Crippen LogP contribution in [0.5, 0.6) is 0 Å². The summed E-state index contributed by atoms with van der Waals surface area (Å²) >= 11 is 13.6. The van der Waals surface area contributed by atoms with Crippen LogP contribution in [0.2, 0.25) is 5.15 Å². The topological polar surface area (TPSA) is 56.0 Å². The average molecular weight is 272 g/mol. The molecule has 82 valence electrons. The molecule has 0 spiro atoms. The predicted molar refractivity (Wildman–Crippen MR) is 69.2 cm³/mol. The van der Waals surface area contributed by atoms with Crippen molar-refractivity contribution in [1.29, 1.82) is 0 Å². The van der Waals surface area contributed by atoms with Crippen LogP contribution in [-0.4, -0.2) is 23.9 Å². The Hall–Kier alpha value is -1.05. The van der Waals surface area contributed by atoms with Crippen molar-refractivity contribution in [1.82, 2.24) is 19.5 Å². The monoisotopic (exact) mass is 271 g/mol. The second-order valence-corrected chi connectivity index (χ2v) is 4.34. The van der Waals surface area contributed by atoms with Crippen molar-refractivity contribution in [2.45, 2.75) is 0 Å². The fraction of sp³-hybridized carbons (Fsp3) is 0. The highest BCUT2D eigenvalue weighted by atomic mass is 35.5. The summed E-state index contributed by atoms with van der Waals surface area (Å²) in [6.45, 7) is 0. The van der Waals surface area contributed by atoms with Crippen LogP contribution in [0.1, 0.15) is 0 Å². The van der Waals surface area contributed by atoms with Gasteiger partial charge in [0, 0.05) is 12.3 Å². The van der Waals surface area contributed by atoms with Crippen LogP contribution in [-0.2, 0) is 0 Å². The first kappa shape index (κ1) is 11.4. The fourth-order valence-electron chi connectivity index (χ4n) is 1.07. The van der Waals surface area contributed by atoms with E-state index in [2.05, 4.69) is 45.2 Å². The highest BCUT2D eigenvalue weighted by Gasteiger charge is 2.01. The number of imidazole rings is 1. The van der Waals surface area contributed by atoms with Crippen LogP contribution in [0.3, 0.4) is 0 Å². The molecule has 2 heterocycles. The SMILES string of the molecule is SC(S)=Nc1cc(-n2cnc(Cl)c2)ncn1. The molecule has 0 saturated carbocycles. The van der Waals surface area contributed by atoms with Crippen LogP contribution in [0.25, 0.3) is 5.82 Å². The molecule has 0 amide bonds. The number of halogens is 1. The van der Waals surface area contributed by atoms with Crippen molar-refractivity contribution >= 4 is 47.1 Å². The summed E-state index contributed by atoms with van der Waals surface area (Å²) < 4.78 is 1.99. The van der Waals surface area contributed by atoms with Crippen molar-refractivity contribution in [2.24, 2.45) is 4.99 Å². The van der Waals surface area contributed by atoms with Gasteiger partial charge >= 0.3 is 0 Å². The van der Waals surface area contributed by atoms with Gasteiger partial charge in [-0.1, -0.05) is 11.6 Å². The predicted octanol–water partition coefficient (Wildman–Crippen LogP) is 2.16. The number of nitrogens with zero attached hydrogens (tertiary/aromatic N) is 5. The van der Waals surface area contributed by atoms with Gasteiger partial charge in [-0.25, -0.2) is 19.9 Å². The second-order valence-electron chi connectivity index (χ2n) is 2.75. The summed E-state index contributed by atoms with van der Waals surface area (Å²) in [6.07, 6.45) is 4.59. The van der Waals surface area contributed by atoms with Crippen LogP contribution in [0, 0.1) is 0 Å². The van der Waals surface area contributed by atoms with Gasteiger partial charge in [-0.05, 0) is 0 Å². The third-order valence-corrected chi connectivity index (χ3v) is 2.06. The first-order chi connectivity index (χ1) is 7.65. The first-order valence-corrected chi connectivity index (χ1v) is 5.41. The molecule has 0 N–H and O–H groups in total. The van der Waals surface area contributed by atoms with Gasteiger partial charge in [0.25, 0.3) is 0 Å². The zero-order chi connectivity index (χ0) is 11.5. The lowest BCUT2D eigenvalue weighted by molar-refractivity contribution is 0.970. The summed E-state index contributed by atoms with van der Waals surface area (Å²) in [5.74, 6) is 1.09. The van der Waals surface area contributed by atoms with Crippen molar-refractivity contribution in [2.75, 3.05) is 0 Å². The third-order valence-electron chi connectivity index (χ3n) is 1.67. The Morgan fingerprint density at radius 1 is 1.31 bits per heavy atom. The summed E-state index contributed by atoms with van der Waals surface area (Å²) in [7, 11) is 0. The summed E-state index contributed by atoms with van der Waals surface area (Å²) in [6, 6.07) is 1.67. The lowest BCUT2D eigenvalue weighted by Crippen LogP contribution is -1.94. The highest BCUT2D eigenvalue weighted by Crippen LogP contribution is 2.14. The van der Waals surface area contributed by atoms with Gasteiger partial charge in [0.15, 0.2) is 5.82 Å². The molecule has 0 bridgehead atoms. The number of thiol groups is 2. The molecular formula is C8H6ClN5S2. The largest absolute Gasteiger partial charge is 0.289 e. The van der Waals surface area contributed by atoms with Crippen molar-refractivity contribution < 1.29 is 0 Å². The van der Waals surface area contributed by atoms with Crippen LogP contribution < -0.4 is 0 Å². The Bertz CT molecular complexity index is 535. The Balaban J connectivity index is 2.40. The van der Waals surface area contributed by atoms with Gasteiger partial charge in [0.2, 0.25) is 0 Å². The van der Waals surface area contributed by atoms with Gasteiger partial charge < -0.3 is 0 Å².